The van der Waals surface area contributed by atoms with Crippen molar-refractivity contribution in [2.24, 2.45) is 10.2 Å². The highest BCUT2D eigenvalue weighted by Crippen LogP contribution is 2.29. The average Bonchev–Trinajstić information content (AvgIpc) is 3.19. The molecular formula is C17H10FN5O4S. The van der Waals surface area contributed by atoms with Crippen LogP contribution in [0.5, 0.6) is 0 Å². The summed E-state index contributed by atoms with van der Waals surface area (Å²) in [6.07, 6.45) is 0. The maximum atomic E-state index is 13.1. The minimum atomic E-state index is -0.575. The summed E-state index contributed by atoms with van der Waals surface area (Å²) in [6.45, 7) is 0. The van der Waals surface area contributed by atoms with Crippen molar-refractivity contribution in [3.63, 3.8) is 0 Å². The number of nitrogens with zero attached hydrogens (tertiary/aromatic N) is 4. The average molecular weight is 399 g/mol. The van der Waals surface area contributed by atoms with Gasteiger partial charge in [0.2, 0.25) is 5.91 Å². The molecule has 2 aliphatic rings. The lowest BCUT2D eigenvalue weighted by molar-refractivity contribution is -0.384. The number of nitro benzene ring substituents is 1. The zero-order valence-corrected chi connectivity index (χ0v) is 14.8. The van der Waals surface area contributed by atoms with Gasteiger partial charge < -0.3 is 5.32 Å². The number of carbonyl (C=O) groups is 2. The predicted octanol–water partition coefficient (Wildman–Crippen LogP) is 2.53. The van der Waals surface area contributed by atoms with Crippen LogP contribution in [0, 0.1) is 15.9 Å². The number of amides is 2. The normalized spacial score (nSPS) is 18.7. The molecule has 0 aliphatic carbocycles. The fourth-order valence-electron chi connectivity index (χ4n) is 2.73. The van der Waals surface area contributed by atoms with E-state index in [4.69, 9.17) is 0 Å². The molecule has 0 bridgehead atoms. The summed E-state index contributed by atoms with van der Waals surface area (Å²) in [5.41, 5.74) is 0.785. The number of amidine groups is 1. The Hall–Kier alpha value is -3.60. The molecule has 2 aromatic rings. The summed E-state index contributed by atoms with van der Waals surface area (Å²) in [5, 5.41) is 21.7. The number of non-ortho nitro benzene ring substituents is 1. The van der Waals surface area contributed by atoms with E-state index in [2.05, 4.69) is 15.5 Å². The number of benzene rings is 2. The predicted molar refractivity (Wildman–Crippen MR) is 102 cm³/mol. The molecule has 140 valence electrons. The molecule has 9 nitrogen and oxygen atoms in total. The lowest BCUT2D eigenvalue weighted by atomic mass is 10.1. The number of thioether (sulfide) groups is 1. The Morgan fingerprint density at radius 2 is 1.89 bits per heavy atom. The van der Waals surface area contributed by atoms with E-state index in [0.717, 1.165) is 11.8 Å². The van der Waals surface area contributed by atoms with Crippen molar-refractivity contribution in [3.8, 4) is 0 Å². The number of anilines is 2. The van der Waals surface area contributed by atoms with Crippen molar-refractivity contribution in [3.05, 3.63) is 64.0 Å². The first-order chi connectivity index (χ1) is 13.4. The minimum Gasteiger partial charge on any atom is -0.320 e. The molecule has 28 heavy (non-hydrogen) atoms. The van der Waals surface area contributed by atoms with Gasteiger partial charge in [-0.2, -0.15) is 0 Å². The van der Waals surface area contributed by atoms with Gasteiger partial charge in [-0.3, -0.25) is 24.6 Å². The molecule has 0 radical (unpaired) electrons. The van der Waals surface area contributed by atoms with Gasteiger partial charge in [0.1, 0.15) is 5.82 Å². The molecule has 1 saturated heterocycles. The van der Waals surface area contributed by atoms with Crippen LogP contribution in [0.15, 0.2) is 52.7 Å². The monoisotopic (exact) mass is 399 g/mol. The summed E-state index contributed by atoms with van der Waals surface area (Å²) in [4.78, 5) is 36.0. The van der Waals surface area contributed by atoms with Crippen molar-refractivity contribution >= 4 is 51.5 Å². The molecule has 2 aliphatic heterocycles. The maximum absolute atomic E-state index is 13.1. The van der Waals surface area contributed by atoms with E-state index in [-0.39, 0.29) is 33.8 Å². The molecule has 0 atom stereocenters. The molecule has 2 amide bonds. The Bertz CT molecular complexity index is 1080. The van der Waals surface area contributed by atoms with E-state index < -0.39 is 16.6 Å². The highest BCUT2D eigenvalue weighted by Gasteiger charge is 2.31. The molecule has 1 N–H and O–H groups in total. The van der Waals surface area contributed by atoms with Crippen LogP contribution in [0.2, 0.25) is 0 Å². The van der Waals surface area contributed by atoms with Gasteiger partial charge in [-0.05, 0) is 30.3 Å². The Morgan fingerprint density at radius 3 is 2.61 bits per heavy atom. The van der Waals surface area contributed by atoms with Gasteiger partial charge in [0.15, 0.2) is 10.9 Å². The fourth-order valence-corrected chi connectivity index (χ4v) is 3.54. The third kappa shape index (κ3) is 3.11. The lowest BCUT2D eigenvalue weighted by Crippen LogP contribution is -2.29. The van der Waals surface area contributed by atoms with E-state index in [9.17, 15) is 24.1 Å². The molecular weight excluding hydrogens is 389 g/mol. The number of carbonyl (C=O) groups excluding carboxylic acids is 2. The fraction of sp³-hybridized carbons (Fsp3) is 0.0588. The summed E-state index contributed by atoms with van der Waals surface area (Å²) < 4.78 is 13.1. The summed E-state index contributed by atoms with van der Waals surface area (Å²) in [7, 11) is 0. The first-order valence-corrected chi connectivity index (χ1v) is 8.90. The van der Waals surface area contributed by atoms with Crippen molar-refractivity contribution in [2.45, 2.75) is 0 Å². The van der Waals surface area contributed by atoms with Gasteiger partial charge in [-0.25, -0.2) is 4.39 Å². The Balaban J connectivity index is 1.71. The second kappa shape index (κ2) is 6.85. The number of rotatable bonds is 3. The molecule has 4 rings (SSSR count). The van der Waals surface area contributed by atoms with Gasteiger partial charge in [-0.15, -0.1) is 10.2 Å². The minimum absolute atomic E-state index is 0.0924. The topological polar surface area (TPSA) is 117 Å². The third-order valence-corrected chi connectivity index (χ3v) is 4.93. The first kappa shape index (κ1) is 17.8. The van der Waals surface area contributed by atoms with Crippen LogP contribution in [0.4, 0.5) is 21.5 Å². The molecule has 1 fully saturated rings. The van der Waals surface area contributed by atoms with Crippen LogP contribution in [0.1, 0.15) is 5.56 Å². The van der Waals surface area contributed by atoms with E-state index >= 15 is 0 Å². The van der Waals surface area contributed by atoms with E-state index in [1.165, 1.54) is 47.4 Å². The molecule has 0 aromatic heterocycles. The van der Waals surface area contributed by atoms with Crippen LogP contribution in [0.25, 0.3) is 0 Å². The zero-order chi connectivity index (χ0) is 19.8. The zero-order valence-electron chi connectivity index (χ0n) is 14.0. The number of hydrogen-bond acceptors (Lipinski definition) is 7. The van der Waals surface area contributed by atoms with Crippen LogP contribution in [0.3, 0.4) is 0 Å². The number of nitro groups is 1. The van der Waals surface area contributed by atoms with Crippen LogP contribution in [-0.4, -0.2) is 33.4 Å². The largest absolute Gasteiger partial charge is 0.320 e. The Labute approximate surface area is 161 Å². The molecule has 0 spiro atoms. The van der Waals surface area contributed by atoms with Crippen LogP contribution >= 0.6 is 11.8 Å². The lowest BCUT2D eigenvalue weighted by Gasteiger charge is -2.14. The first-order valence-electron chi connectivity index (χ1n) is 7.91. The Kier molecular flexibility index (Phi) is 4.35. The number of fused-ring (bicyclic) bond motifs is 1. The summed E-state index contributed by atoms with van der Waals surface area (Å²) in [5.74, 6) is -1.14. The quantitative estimate of drug-likeness (QED) is 0.629. The summed E-state index contributed by atoms with van der Waals surface area (Å²) >= 11 is 1.12. The molecule has 0 saturated carbocycles. The molecule has 2 aromatic carbocycles. The van der Waals surface area contributed by atoms with Crippen LogP contribution in [-0.2, 0) is 9.59 Å². The van der Waals surface area contributed by atoms with Crippen molar-refractivity contribution < 1.29 is 18.9 Å². The van der Waals surface area contributed by atoms with E-state index in [1.807, 2.05) is 0 Å². The van der Waals surface area contributed by atoms with Crippen molar-refractivity contribution in [1.82, 2.24) is 0 Å². The molecule has 2 heterocycles. The Morgan fingerprint density at radius 1 is 1.14 bits per heavy atom. The van der Waals surface area contributed by atoms with Gasteiger partial charge in [0, 0.05) is 17.7 Å². The SMILES string of the molecule is O=C1Nc2ccc([N+](=O)[O-])cc2/C1=N/N=C1/SCC(=O)N1c1ccc(F)cc1. The second-order valence-corrected chi connectivity index (χ2v) is 6.71. The molecule has 0 unspecified atom stereocenters. The number of halogens is 1. The third-order valence-electron chi connectivity index (χ3n) is 4.02. The summed E-state index contributed by atoms with van der Waals surface area (Å²) in [6, 6.07) is 9.22. The van der Waals surface area contributed by atoms with Crippen molar-refractivity contribution in [1.29, 1.82) is 0 Å². The second-order valence-electron chi connectivity index (χ2n) is 5.77. The van der Waals surface area contributed by atoms with Gasteiger partial charge >= 0.3 is 0 Å². The number of hydrogen-bond donors (Lipinski definition) is 1. The van der Waals surface area contributed by atoms with Crippen LogP contribution < -0.4 is 10.2 Å². The molecule has 11 heteroatoms. The smallest absolute Gasteiger partial charge is 0.276 e. The van der Waals surface area contributed by atoms with Gasteiger partial charge in [0.25, 0.3) is 11.6 Å². The standard InChI is InChI=1S/C17H10FN5O4S/c18-9-1-3-10(4-2-9)22-14(24)8-28-17(22)21-20-15-12-7-11(23(26)27)5-6-13(12)19-16(15)25/h1-7H,8H2,(H,19,20,25)/b21-17+. The van der Waals surface area contributed by atoms with E-state index in [1.54, 1.807) is 0 Å². The maximum Gasteiger partial charge on any atom is 0.276 e. The number of nitrogens with one attached hydrogen (secondary N) is 1. The van der Waals surface area contributed by atoms with Gasteiger partial charge in [0.05, 0.1) is 22.1 Å². The van der Waals surface area contributed by atoms with E-state index in [0.29, 0.717) is 11.4 Å². The van der Waals surface area contributed by atoms with Gasteiger partial charge in [-0.1, -0.05) is 11.8 Å². The van der Waals surface area contributed by atoms with Crippen molar-refractivity contribution in [2.75, 3.05) is 16.0 Å². The highest BCUT2D eigenvalue weighted by molar-refractivity contribution is 8.15. The highest BCUT2D eigenvalue weighted by atomic mass is 32.2.